The van der Waals surface area contributed by atoms with Crippen LogP contribution in [0.1, 0.15) is 48.7 Å². The number of Topliss-reactive ketones (excluding diaryl/α,β-unsaturated/α-hetero) is 4. The molecule has 2 saturated carbocycles. The molecule has 12 heteroatoms. The van der Waals surface area contributed by atoms with E-state index in [4.69, 9.17) is 17.2 Å². The Morgan fingerprint density at radius 2 is 1.76 bits per heavy atom. The van der Waals surface area contributed by atoms with Crippen molar-refractivity contribution in [2.75, 3.05) is 14.1 Å². The summed E-state index contributed by atoms with van der Waals surface area (Å²) in [5.41, 5.74) is 12.6. The molecule has 3 aliphatic carbocycles. The predicted molar refractivity (Wildman–Crippen MR) is 143 cm³/mol. The number of fused-ring (bicyclic) bond motifs is 3. The molecule has 2 fully saturated rings. The van der Waals surface area contributed by atoms with Crippen LogP contribution < -0.4 is 17.2 Å². The first-order valence-corrected chi connectivity index (χ1v) is 13.1. The highest BCUT2D eigenvalue weighted by atomic mass is 127. The lowest BCUT2D eigenvalue weighted by Gasteiger charge is -2.60. The maximum Gasteiger partial charge on any atom is 0.235 e. The van der Waals surface area contributed by atoms with E-state index in [-0.39, 0.29) is 17.7 Å². The summed E-state index contributed by atoms with van der Waals surface area (Å²) < 4.78 is 0.640. The standard InChI is InChI=1S/C26H30IN5O6/c1-23(2,3)11-6-12(27)10-7-24(30)8-26(31)19(32(4)5)18(35)14(22(29)38)20(36)25(26,9-28)21(37)15(24)17(34)13(10)16(11)33/h6,14-15,19,33H,7-8,30-31H2,1-5H3,(H2,29,38)/t14?,15?,19-,24-,25+,26-/m1/s1. The maximum atomic E-state index is 14.3. The molecule has 0 heterocycles. The minimum absolute atomic E-state index is 0.0804. The van der Waals surface area contributed by atoms with Crippen LogP contribution in [0.4, 0.5) is 0 Å². The van der Waals surface area contributed by atoms with E-state index >= 15 is 0 Å². The number of carbonyl (C=O) groups excluding carboxylic acids is 5. The van der Waals surface area contributed by atoms with Crippen LogP contribution in [-0.4, -0.2) is 70.3 Å². The summed E-state index contributed by atoms with van der Waals surface area (Å²) in [5, 5.41) is 21.6. The average molecular weight is 635 g/mol. The van der Waals surface area contributed by atoms with E-state index in [1.54, 1.807) is 12.1 Å². The Hall–Kier alpha value is -2.73. The first kappa shape index (κ1) is 28.3. The molecule has 1 amide bonds. The van der Waals surface area contributed by atoms with Gasteiger partial charge in [0.05, 0.1) is 23.2 Å². The average Bonchev–Trinajstić information content (AvgIpc) is 2.73. The normalized spacial score (nSPS) is 34.9. The highest BCUT2D eigenvalue weighted by Gasteiger charge is 2.78. The zero-order valence-electron chi connectivity index (χ0n) is 21.7. The van der Waals surface area contributed by atoms with Crippen molar-refractivity contribution in [2.24, 2.45) is 34.5 Å². The molecule has 7 N–H and O–H groups in total. The lowest BCUT2D eigenvalue weighted by molar-refractivity contribution is -0.166. The number of carbonyl (C=O) groups is 5. The number of benzene rings is 1. The minimum Gasteiger partial charge on any atom is -0.507 e. The number of phenols is 1. The molecule has 11 nitrogen and oxygen atoms in total. The molecule has 0 aliphatic heterocycles. The lowest BCUT2D eigenvalue weighted by Crippen LogP contribution is -2.85. The van der Waals surface area contributed by atoms with E-state index in [0.717, 1.165) is 0 Å². The number of nitrogens with zero attached hydrogens (tertiary/aromatic N) is 2. The second kappa shape index (κ2) is 8.38. The lowest BCUT2D eigenvalue weighted by atomic mass is 9.43. The van der Waals surface area contributed by atoms with Crippen molar-refractivity contribution in [2.45, 2.75) is 56.1 Å². The highest BCUT2D eigenvalue weighted by molar-refractivity contribution is 14.1. The fourth-order valence-corrected chi connectivity index (χ4v) is 7.57. The number of halogens is 1. The second-order valence-electron chi connectivity index (χ2n) is 12.0. The van der Waals surface area contributed by atoms with Crippen LogP contribution >= 0.6 is 22.6 Å². The quantitative estimate of drug-likeness (QED) is 0.246. The van der Waals surface area contributed by atoms with Gasteiger partial charge in [0.2, 0.25) is 5.91 Å². The Bertz CT molecular complexity index is 1390. The van der Waals surface area contributed by atoms with Crippen LogP contribution in [0.3, 0.4) is 0 Å². The van der Waals surface area contributed by atoms with E-state index < -0.39 is 75.2 Å². The van der Waals surface area contributed by atoms with Gasteiger partial charge in [0.15, 0.2) is 34.5 Å². The number of rotatable bonds is 2. The second-order valence-corrected chi connectivity index (χ2v) is 13.1. The number of phenolic OH excluding ortho intramolecular Hbond substituents is 1. The highest BCUT2D eigenvalue weighted by Crippen LogP contribution is 2.57. The maximum absolute atomic E-state index is 14.3. The molecular weight excluding hydrogens is 605 g/mol. The van der Waals surface area contributed by atoms with E-state index in [2.05, 4.69) is 0 Å². The van der Waals surface area contributed by atoms with Gasteiger partial charge >= 0.3 is 0 Å². The van der Waals surface area contributed by atoms with Crippen LogP contribution in [0.2, 0.25) is 0 Å². The first-order chi connectivity index (χ1) is 17.3. The molecule has 0 aromatic heterocycles. The number of hydrogen-bond donors (Lipinski definition) is 4. The summed E-state index contributed by atoms with van der Waals surface area (Å²) in [5.74, 6) is -9.72. The van der Waals surface area contributed by atoms with Crippen molar-refractivity contribution in [1.82, 2.24) is 4.90 Å². The van der Waals surface area contributed by atoms with Crippen molar-refractivity contribution in [3.63, 3.8) is 0 Å². The minimum atomic E-state index is -2.75. The molecule has 0 bridgehead atoms. The van der Waals surface area contributed by atoms with Gasteiger partial charge in [0, 0.05) is 14.7 Å². The molecule has 202 valence electrons. The molecule has 0 saturated heterocycles. The van der Waals surface area contributed by atoms with E-state index in [1.807, 2.05) is 43.4 Å². The fourth-order valence-electron chi connectivity index (χ4n) is 6.80. The van der Waals surface area contributed by atoms with E-state index in [0.29, 0.717) is 14.7 Å². The van der Waals surface area contributed by atoms with Gasteiger partial charge in [-0.2, -0.15) is 5.26 Å². The van der Waals surface area contributed by atoms with Crippen molar-refractivity contribution in [3.05, 3.63) is 26.3 Å². The number of ketones is 4. The fraction of sp³-hybridized carbons (Fsp3) is 0.538. The Balaban J connectivity index is 2.04. The number of likely N-dealkylation sites (N-methyl/N-ethyl adjacent to an activating group) is 1. The molecule has 3 aliphatic rings. The van der Waals surface area contributed by atoms with Crippen molar-refractivity contribution in [3.8, 4) is 11.8 Å². The van der Waals surface area contributed by atoms with Gasteiger partial charge in [-0.15, -0.1) is 0 Å². The smallest absolute Gasteiger partial charge is 0.235 e. The zero-order chi connectivity index (χ0) is 28.9. The number of hydrogen-bond acceptors (Lipinski definition) is 10. The monoisotopic (exact) mass is 635 g/mol. The summed E-state index contributed by atoms with van der Waals surface area (Å²) >= 11 is 2.04. The van der Waals surface area contributed by atoms with E-state index in [9.17, 15) is 34.3 Å². The zero-order valence-corrected chi connectivity index (χ0v) is 23.9. The summed E-state index contributed by atoms with van der Waals surface area (Å²) in [6.45, 7) is 5.56. The van der Waals surface area contributed by atoms with Crippen LogP contribution in [0.5, 0.6) is 5.75 Å². The molecule has 1 aromatic rings. The van der Waals surface area contributed by atoms with Crippen LogP contribution in [-0.2, 0) is 31.0 Å². The third kappa shape index (κ3) is 3.31. The largest absolute Gasteiger partial charge is 0.507 e. The topological polar surface area (TPSA) is 211 Å². The van der Waals surface area contributed by atoms with Crippen molar-refractivity contribution >= 4 is 51.6 Å². The summed E-state index contributed by atoms with van der Waals surface area (Å²) in [6.07, 6.45) is -0.512. The van der Waals surface area contributed by atoms with Gasteiger partial charge in [0.1, 0.15) is 11.7 Å². The van der Waals surface area contributed by atoms with Gasteiger partial charge in [-0.25, -0.2) is 0 Å². The molecule has 2 unspecified atom stereocenters. The molecular formula is C26H30IN5O6. The third-order valence-electron chi connectivity index (χ3n) is 8.34. The Kier molecular flexibility index (Phi) is 6.24. The number of primary amides is 1. The van der Waals surface area contributed by atoms with E-state index in [1.165, 1.54) is 19.0 Å². The van der Waals surface area contributed by atoms with Gasteiger partial charge in [-0.1, -0.05) is 20.8 Å². The molecule has 6 atom stereocenters. The number of aromatic hydroxyl groups is 1. The molecule has 4 rings (SSSR count). The first-order valence-electron chi connectivity index (χ1n) is 12.0. The SMILES string of the molecule is CN(C)[C@@H]1C(=O)C(C(N)=O)C(=O)[C@@]2(C#N)C(=O)C3C(=O)c4c(O)c(C(C)(C)C)cc(I)c4C[C@@]3(N)C[C@@]12N. The molecule has 38 heavy (non-hydrogen) atoms. The van der Waals surface area contributed by atoms with Crippen molar-refractivity contribution < 1.29 is 29.1 Å². The van der Waals surface area contributed by atoms with Gasteiger partial charge < -0.3 is 22.3 Å². The van der Waals surface area contributed by atoms with Crippen molar-refractivity contribution in [1.29, 1.82) is 5.26 Å². The number of nitrogens with two attached hydrogens (primary N) is 3. The predicted octanol–water partition coefficient (Wildman–Crippen LogP) is -0.289. The molecule has 0 radical (unpaired) electrons. The number of nitriles is 1. The number of amides is 1. The van der Waals surface area contributed by atoms with Gasteiger partial charge in [0.25, 0.3) is 0 Å². The third-order valence-corrected chi connectivity index (χ3v) is 9.31. The Morgan fingerprint density at radius 1 is 1.18 bits per heavy atom. The summed E-state index contributed by atoms with van der Waals surface area (Å²) in [7, 11) is 2.92. The Morgan fingerprint density at radius 3 is 2.24 bits per heavy atom. The molecule has 1 aromatic carbocycles. The summed E-state index contributed by atoms with van der Waals surface area (Å²) in [6, 6.07) is 2.03. The van der Waals surface area contributed by atoms with Crippen LogP contribution in [0.25, 0.3) is 0 Å². The summed E-state index contributed by atoms with van der Waals surface area (Å²) in [4.78, 5) is 69.1. The molecule has 0 spiro atoms. The Labute approximate surface area is 233 Å². The van der Waals surface area contributed by atoms with Gasteiger partial charge in [-0.05, 0) is 66.6 Å². The van der Waals surface area contributed by atoms with Gasteiger partial charge in [-0.3, -0.25) is 28.9 Å². The van der Waals surface area contributed by atoms with Crippen LogP contribution in [0.15, 0.2) is 6.07 Å². The van der Waals surface area contributed by atoms with Crippen LogP contribution in [0, 0.1) is 32.2 Å².